The number of hydrogen-bond donors (Lipinski definition) is 4. The molecule has 0 saturated carbocycles. The van der Waals surface area contributed by atoms with E-state index in [1.807, 2.05) is 121 Å². The van der Waals surface area contributed by atoms with Crippen molar-refractivity contribution in [1.29, 1.82) is 0 Å². The molecule has 6 aromatic carbocycles. The molecular weight excluding hydrogens is 909 g/mol. The summed E-state index contributed by atoms with van der Waals surface area (Å²) >= 11 is 0. The van der Waals surface area contributed by atoms with Gasteiger partial charge >= 0.3 is 6.09 Å². The van der Waals surface area contributed by atoms with E-state index in [2.05, 4.69) is 20.4 Å². The van der Waals surface area contributed by atoms with Crippen LogP contribution in [0.1, 0.15) is 5.56 Å². The van der Waals surface area contributed by atoms with E-state index in [9.17, 15) is 14.4 Å². The van der Waals surface area contributed by atoms with Gasteiger partial charge in [-0.2, -0.15) is 23.9 Å². The van der Waals surface area contributed by atoms with Gasteiger partial charge in [0.15, 0.2) is 5.82 Å². The number of benzene rings is 6. The Morgan fingerprint density at radius 1 is 0.569 bits per heavy atom. The number of H-pyrrole nitrogens is 2. The standard InChI is InChI=1S/C56H44N10O6/c1-70-41-26-23-36(24-27-41)47-51(60-53-45(35-17-9-4-10-18-35)49(63-66(53)55(47)68)38-21-13-6-14-22-38)58-43-29-31-64(61-43)56(69)72-32-30-39-33-40(25-28-42(39)71-2)46-50(57)59-52-44(34-15-7-3-8-16-34)48(62-65(52)54(46)67)37-19-11-5-12-20-37/h3-29,31,33,59-60H,30,32,57H2,1-2H3,(H,58,61). The monoisotopic (exact) mass is 952 g/mol. The molecule has 0 unspecified atom stereocenters. The number of nitrogens with two attached hydrogens (primary N) is 1. The topological polar surface area (TPSA) is 201 Å². The van der Waals surface area contributed by atoms with Crippen LogP contribution in [0.3, 0.4) is 0 Å². The van der Waals surface area contributed by atoms with Gasteiger partial charge in [-0.15, -0.1) is 5.10 Å². The molecule has 5 N–H and O–H groups in total. The zero-order chi connectivity index (χ0) is 49.3. The summed E-state index contributed by atoms with van der Waals surface area (Å²) < 4.78 is 20.6. The van der Waals surface area contributed by atoms with Crippen LogP contribution in [0.2, 0.25) is 0 Å². The summed E-state index contributed by atoms with van der Waals surface area (Å²) in [6.45, 7) is -0.0645. The van der Waals surface area contributed by atoms with Gasteiger partial charge in [-0.3, -0.25) is 9.59 Å². The minimum absolute atomic E-state index is 0.0645. The maximum atomic E-state index is 14.7. The van der Waals surface area contributed by atoms with Crippen LogP contribution in [0, 0.1) is 0 Å². The highest BCUT2D eigenvalue weighted by atomic mass is 16.6. The lowest BCUT2D eigenvalue weighted by Gasteiger charge is -2.13. The van der Waals surface area contributed by atoms with Crippen molar-refractivity contribution in [1.82, 2.24) is 39.0 Å². The van der Waals surface area contributed by atoms with Crippen LogP contribution in [-0.4, -0.2) is 65.9 Å². The van der Waals surface area contributed by atoms with Crippen molar-refractivity contribution in [2.24, 2.45) is 0 Å². The first-order valence-electron chi connectivity index (χ1n) is 22.9. The number of fused-ring (bicyclic) bond motifs is 2. The van der Waals surface area contributed by atoms with Crippen molar-refractivity contribution in [3.8, 4) is 78.5 Å². The average Bonchev–Trinajstić information content (AvgIpc) is 4.16. The Balaban J connectivity index is 0.876. The first-order valence-corrected chi connectivity index (χ1v) is 22.9. The third-order valence-electron chi connectivity index (χ3n) is 12.4. The number of nitrogens with zero attached hydrogens (tertiary/aromatic N) is 6. The van der Waals surface area contributed by atoms with Gasteiger partial charge in [0.1, 0.15) is 45.8 Å². The van der Waals surface area contributed by atoms with Gasteiger partial charge in [0.2, 0.25) is 0 Å². The summed E-state index contributed by atoms with van der Waals surface area (Å²) in [7, 11) is 3.11. The second kappa shape index (κ2) is 18.9. The fourth-order valence-corrected chi connectivity index (χ4v) is 8.98. The maximum Gasteiger partial charge on any atom is 0.434 e. The third kappa shape index (κ3) is 8.17. The van der Waals surface area contributed by atoms with Crippen molar-refractivity contribution in [2.45, 2.75) is 6.42 Å². The summed E-state index contributed by atoms with van der Waals surface area (Å²) in [5, 5.41) is 17.5. The zero-order valence-electron chi connectivity index (χ0n) is 38.9. The van der Waals surface area contributed by atoms with Crippen LogP contribution < -0.4 is 31.6 Å². The molecule has 0 radical (unpaired) electrons. The first kappa shape index (κ1) is 44.5. The molecule has 0 atom stereocenters. The Labute approximate surface area is 410 Å². The maximum absolute atomic E-state index is 14.7. The van der Waals surface area contributed by atoms with Gasteiger partial charge < -0.3 is 35.2 Å². The number of anilines is 3. The smallest absolute Gasteiger partial charge is 0.434 e. The Morgan fingerprint density at radius 3 is 1.64 bits per heavy atom. The molecule has 5 heterocycles. The highest BCUT2D eigenvalue weighted by Crippen LogP contribution is 2.38. The molecular formula is C56H44N10O6. The lowest BCUT2D eigenvalue weighted by atomic mass is 10.0. The van der Waals surface area contributed by atoms with Crippen LogP contribution in [0.5, 0.6) is 11.5 Å². The predicted molar refractivity (Wildman–Crippen MR) is 278 cm³/mol. The summed E-state index contributed by atoms with van der Waals surface area (Å²) in [4.78, 5) is 49.4. The highest BCUT2D eigenvalue weighted by molar-refractivity contribution is 5.93. The predicted octanol–water partition coefficient (Wildman–Crippen LogP) is 10.1. The Morgan fingerprint density at radius 2 is 1.08 bits per heavy atom. The van der Waals surface area contributed by atoms with Crippen LogP contribution in [0.25, 0.3) is 78.3 Å². The van der Waals surface area contributed by atoms with Crippen molar-refractivity contribution < 1.29 is 19.0 Å². The number of aromatic amines is 2. The molecule has 16 nitrogen and oxygen atoms in total. The molecule has 72 heavy (non-hydrogen) atoms. The number of rotatable bonds is 13. The van der Waals surface area contributed by atoms with Crippen molar-refractivity contribution in [3.05, 3.63) is 202 Å². The summed E-state index contributed by atoms with van der Waals surface area (Å²) in [5.41, 5.74) is 15.2. The summed E-state index contributed by atoms with van der Waals surface area (Å²) in [6, 6.07) is 52.8. The lowest BCUT2D eigenvalue weighted by molar-refractivity contribution is 0.145. The van der Waals surface area contributed by atoms with Crippen molar-refractivity contribution in [3.63, 3.8) is 0 Å². The Bertz CT molecular complexity index is 3900. The Kier molecular flexibility index (Phi) is 11.7. The van der Waals surface area contributed by atoms with Gasteiger partial charge in [-0.1, -0.05) is 140 Å². The molecule has 0 aliphatic carbocycles. The molecule has 0 aliphatic rings. The molecule has 0 spiro atoms. The van der Waals surface area contributed by atoms with Crippen LogP contribution in [0.15, 0.2) is 186 Å². The number of hydrogen-bond acceptors (Lipinski definition) is 11. The average molecular weight is 953 g/mol. The van der Waals surface area contributed by atoms with Crippen LogP contribution >= 0.6 is 0 Å². The molecule has 5 aromatic heterocycles. The van der Waals surface area contributed by atoms with Crippen LogP contribution in [0.4, 0.5) is 22.2 Å². The van der Waals surface area contributed by atoms with E-state index in [1.165, 1.54) is 15.2 Å². The SMILES string of the molecule is COc1ccc(-c2c(Nc3ccn(C(=O)OCCc4cc(-c5c(N)[nH]c6c(-c7ccccc7)c(-c7ccccc7)nn6c5=O)ccc4OC)n3)[nH]c3c(-c4ccccc4)c(-c4ccccc4)nn3c2=O)cc1. The molecule has 0 bridgehead atoms. The normalized spacial score (nSPS) is 11.2. The first-order chi connectivity index (χ1) is 35.3. The van der Waals surface area contributed by atoms with Gasteiger partial charge in [0, 0.05) is 29.8 Å². The molecule has 0 fully saturated rings. The minimum Gasteiger partial charge on any atom is -0.497 e. The molecule has 11 rings (SSSR count). The van der Waals surface area contributed by atoms with E-state index in [0.717, 1.165) is 38.1 Å². The number of methoxy groups -OCH3 is 2. The number of nitrogen functional groups attached to an aromatic ring is 1. The largest absolute Gasteiger partial charge is 0.497 e. The van der Waals surface area contributed by atoms with E-state index < -0.39 is 17.2 Å². The van der Waals surface area contributed by atoms with E-state index in [-0.39, 0.29) is 35.8 Å². The van der Waals surface area contributed by atoms with Gasteiger partial charge in [0.25, 0.3) is 11.1 Å². The molecule has 16 heteroatoms. The van der Waals surface area contributed by atoms with Gasteiger partial charge in [-0.05, 0) is 52.1 Å². The van der Waals surface area contributed by atoms with Gasteiger partial charge in [0.05, 0.1) is 43.1 Å². The zero-order valence-corrected chi connectivity index (χ0v) is 38.9. The van der Waals surface area contributed by atoms with Gasteiger partial charge in [-0.25, -0.2) is 4.79 Å². The van der Waals surface area contributed by atoms with Crippen LogP contribution in [-0.2, 0) is 11.2 Å². The second-order valence-electron chi connectivity index (χ2n) is 16.7. The molecule has 11 aromatic rings. The fraction of sp³-hybridized carbons (Fsp3) is 0.0714. The fourth-order valence-electron chi connectivity index (χ4n) is 8.98. The van der Waals surface area contributed by atoms with E-state index >= 15 is 0 Å². The number of carbonyl (C=O) groups is 1. The number of aromatic nitrogens is 8. The second-order valence-corrected chi connectivity index (χ2v) is 16.7. The van der Waals surface area contributed by atoms with Crippen molar-refractivity contribution >= 4 is 34.8 Å². The highest BCUT2D eigenvalue weighted by Gasteiger charge is 2.25. The third-order valence-corrected chi connectivity index (χ3v) is 12.4. The summed E-state index contributed by atoms with van der Waals surface area (Å²) in [5.74, 6) is 1.88. The molecule has 0 amide bonds. The minimum atomic E-state index is -0.750. The lowest BCUT2D eigenvalue weighted by Crippen LogP contribution is -2.20. The summed E-state index contributed by atoms with van der Waals surface area (Å²) in [6.07, 6.45) is 0.935. The molecule has 0 saturated heterocycles. The van der Waals surface area contributed by atoms with E-state index in [4.69, 9.17) is 30.1 Å². The quantitative estimate of drug-likeness (QED) is 0.0857. The van der Waals surface area contributed by atoms with E-state index in [0.29, 0.717) is 56.7 Å². The number of carbonyl (C=O) groups excluding carboxylic acids is 1. The van der Waals surface area contributed by atoms with Crippen molar-refractivity contribution in [2.75, 3.05) is 31.9 Å². The number of nitrogens with one attached hydrogen (secondary N) is 3. The van der Waals surface area contributed by atoms with E-state index in [1.54, 1.807) is 62.8 Å². The molecule has 354 valence electrons. The Hall–Kier alpha value is -9.96. The molecule has 0 aliphatic heterocycles. The number of ether oxygens (including phenoxy) is 3.